The number of aryl methyl sites for hydroxylation is 1. The zero-order valence-corrected chi connectivity index (χ0v) is 15.7. The Balaban J connectivity index is 1.50. The van der Waals surface area contributed by atoms with Gasteiger partial charge in [-0.3, -0.25) is 4.79 Å². The Hall–Kier alpha value is -2.34. The highest BCUT2D eigenvalue weighted by Crippen LogP contribution is 2.20. The zero-order valence-electron chi connectivity index (χ0n) is 15.0. The molecule has 1 amide bonds. The van der Waals surface area contributed by atoms with Gasteiger partial charge in [0, 0.05) is 42.8 Å². The molecule has 1 fully saturated rings. The van der Waals surface area contributed by atoms with Gasteiger partial charge in [0.05, 0.1) is 0 Å². The first-order chi connectivity index (χ1) is 12.6. The quantitative estimate of drug-likeness (QED) is 0.760. The van der Waals surface area contributed by atoms with Crippen molar-refractivity contribution in [2.75, 3.05) is 36.4 Å². The van der Waals surface area contributed by atoms with E-state index in [2.05, 4.69) is 25.5 Å². The fraction of sp³-hybridized carbons (Fsp3) is 0.421. The number of piperidine rings is 1. The Morgan fingerprint density at radius 1 is 1.12 bits per heavy atom. The lowest BCUT2D eigenvalue weighted by atomic mass is 10.1. The number of hydrogen-bond acceptors (Lipinski definition) is 5. The molecular weight excluding hydrogens is 350 g/mol. The number of carbonyl (C=O) groups is 1. The second kappa shape index (κ2) is 8.85. The van der Waals surface area contributed by atoms with Crippen LogP contribution in [0.3, 0.4) is 0 Å². The van der Waals surface area contributed by atoms with Crippen molar-refractivity contribution in [1.29, 1.82) is 0 Å². The van der Waals surface area contributed by atoms with Crippen molar-refractivity contribution in [3.05, 3.63) is 46.7 Å². The molecule has 0 unspecified atom stereocenters. The minimum absolute atomic E-state index is 0.114. The number of rotatable bonds is 6. The average molecular weight is 374 g/mol. The fourth-order valence-corrected chi connectivity index (χ4v) is 3.12. The van der Waals surface area contributed by atoms with Crippen LogP contribution in [-0.2, 0) is 0 Å². The summed E-state index contributed by atoms with van der Waals surface area (Å²) < 4.78 is 0. The van der Waals surface area contributed by atoms with Gasteiger partial charge >= 0.3 is 0 Å². The van der Waals surface area contributed by atoms with Crippen molar-refractivity contribution in [2.24, 2.45) is 0 Å². The smallest absolute Gasteiger partial charge is 0.251 e. The average Bonchev–Trinajstić information content (AvgIpc) is 2.66. The number of hydrogen-bond donors (Lipinski definition) is 2. The van der Waals surface area contributed by atoms with E-state index in [9.17, 15) is 4.79 Å². The topological polar surface area (TPSA) is 70.2 Å². The van der Waals surface area contributed by atoms with Crippen LogP contribution in [0.5, 0.6) is 0 Å². The summed E-state index contributed by atoms with van der Waals surface area (Å²) in [6, 6.07) is 8.83. The van der Waals surface area contributed by atoms with Crippen molar-refractivity contribution in [2.45, 2.75) is 26.2 Å². The molecule has 3 rings (SSSR count). The summed E-state index contributed by atoms with van der Waals surface area (Å²) in [5.74, 6) is 2.40. The molecular formula is C19H24ClN5O. The maximum absolute atomic E-state index is 12.1. The number of aromatic nitrogens is 2. The van der Waals surface area contributed by atoms with Crippen molar-refractivity contribution in [1.82, 2.24) is 15.3 Å². The van der Waals surface area contributed by atoms with Gasteiger partial charge in [-0.2, -0.15) is 0 Å². The lowest BCUT2D eigenvalue weighted by Gasteiger charge is -2.28. The molecule has 7 heteroatoms. The number of carbonyl (C=O) groups excluding carboxylic acids is 1. The first-order valence-electron chi connectivity index (χ1n) is 9.00. The predicted molar refractivity (Wildman–Crippen MR) is 105 cm³/mol. The summed E-state index contributed by atoms with van der Waals surface area (Å²) >= 11 is 5.84. The summed E-state index contributed by atoms with van der Waals surface area (Å²) in [5.41, 5.74) is 0.597. The molecule has 0 aliphatic carbocycles. The van der Waals surface area contributed by atoms with Gasteiger partial charge in [-0.15, -0.1) is 0 Å². The molecule has 6 nitrogen and oxygen atoms in total. The van der Waals surface area contributed by atoms with Crippen LogP contribution in [0.4, 0.5) is 11.6 Å². The summed E-state index contributed by atoms with van der Waals surface area (Å²) in [6.45, 7) is 5.10. The third-order valence-electron chi connectivity index (χ3n) is 4.33. The Labute approximate surface area is 159 Å². The van der Waals surface area contributed by atoms with Crippen LogP contribution < -0.4 is 15.5 Å². The van der Waals surface area contributed by atoms with Crippen molar-refractivity contribution < 1.29 is 4.79 Å². The molecule has 0 bridgehead atoms. The van der Waals surface area contributed by atoms with E-state index in [0.29, 0.717) is 23.7 Å². The van der Waals surface area contributed by atoms with Crippen LogP contribution in [0.1, 0.15) is 35.4 Å². The minimum atomic E-state index is -0.114. The third kappa shape index (κ3) is 5.08. The van der Waals surface area contributed by atoms with Gasteiger partial charge in [-0.1, -0.05) is 11.6 Å². The largest absolute Gasteiger partial charge is 0.368 e. The number of benzene rings is 1. The Bertz CT molecular complexity index is 744. The lowest BCUT2D eigenvalue weighted by molar-refractivity contribution is 0.0955. The zero-order chi connectivity index (χ0) is 18.4. The fourth-order valence-electron chi connectivity index (χ4n) is 3.00. The third-order valence-corrected chi connectivity index (χ3v) is 4.58. The van der Waals surface area contributed by atoms with Gasteiger partial charge < -0.3 is 15.5 Å². The van der Waals surface area contributed by atoms with E-state index in [1.807, 2.05) is 13.0 Å². The van der Waals surface area contributed by atoms with Crippen LogP contribution in [0.15, 0.2) is 30.3 Å². The van der Waals surface area contributed by atoms with Gasteiger partial charge in [0.15, 0.2) is 0 Å². The first-order valence-corrected chi connectivity index (χ1v) is 9.38. The van der Waals surface area contributed by atoms with Gasteiger partial charge in [0.25, 0.3) is 5.91 Å². The molecule has 2 aromatic rings. The van der Waals surface area contributed by atoms with Crippen LogP contribution in [0, 0.1) is 6.92 Å². The Kier molecular flexibility index (Phi) is 6.28. The second-order valence-electron chi connectivity index (χ2n) is 6.40. The molecule has 1 aromatic heterocycles. The van der Waals surface area contributed by atoms with Crippen LogP contribution in [0.2, 0.25) is 5.02 Å². The standard InChI is InChI=1S/C19H24ClN5O/c1-14-23-17(13-18(24-14)25-11-3-2-4-12-25)21-9-10-22-19(26)15-5-7-16(20)8-6-15/h5-8,13H,2-4,9-12H2,1H3,(H,22,26)(H,21,23,24). The maximum Gasteiger partial charge on any atom is 0.251 e. The van der Waals surface area contributed by atoms with Gasteiger partial charge in [-0.05, 0) is 50.5 Å². The molecule has 0 saturated carbocycles. The van der Waals surface area contributed by atoms with Gasteiger partial charge in [0.1, 0.15) is 17.5 Å². The predicted octanol–water partition coefficient (Wildman–Crippen LogP) is 3.27. The lowest BCUT2D eigenvalue weighted by Crippen LogP contribution is -2.31. The molecule has 0 radical (unpaired) electrons. The molecule has 1 saturated heterocycles. The molecule has 1 aliphatic heterocycles. The number of halogens is 1. The SMILES string of the molecule is Cc1nc(NCCNC(=O)c2ccc(Cl)cc2)cc(N2CCCCC2)n1. The van der Waals surface area contributed by atoms with E-state index < -0.39 is 0 Å². The second-order valence-corrected chi connectivity index (χ2v) is 6.83. The summed E-state index contributed by atoms with van der Waals surface area (Å²) in [7, 11) is 0. The number of nitrogens with one attached hydrogen (secondary N) is 2. The van der Waals surface area contributed by atoms with Crippen molar-refractivity contribution in [3.63, 3.8) is 0 Å². The van der Waals surface area contributed by atoms with Crippen LogP contribution >= 0.6 is 11.6 Å². The molecule has 0 spiro atoms. The molecule has 1 aliphatic rings. The monoisotopic (exact) mass is 373 g/mol. The van der Waals surface area contributed by atoms with E-state index in [4.69, 9.17) is 11.6 Å². The molecule has 138 valence electrons. The highest BCUT2D eigenvalue weighted by Gasteiger charge is 2.13. The molecule has 26 heavy (non-hydrogen) atoms. The van der Waals surface area contributed by atoms with Crippen molar-refractivity contribution in [3.8, 4) is 0 Å². The van der Waals surface area contributed by atoms with Crippen LogP contribution in [0.25, 0.3) is 0 Å². The van der Waals surface area contributed by atoms with Gasteiger partial charge in [0.2, 0.25) is 0 Å². The van der Waals surface area contributed by atoms with E-state index in [1.54, 1.807) is 24.3 Å². The number of nitrogens with zero attached hydrogens (tertiary/aromatic N) is 3. The maximum atomic E-state index is 12.1. The number of amides is 1. The van der Waals surface area contributed by atoms with Crippen molar-refractivity contribution >= 4 is 29.1 Å². The normalized spacial score (nSPS) is 14.2. The summed E-state index contributed by atoms with van der Waals surface area (Å²) in [5, 5.41) is 6.77. The summed E-state index contributed by atoms with van der Waals surface area (Å²) in [4.78, 5) is 23.4. The molecule has 2 N–H and O–H groups in total. The van der Waals surface area contributed by atoms with E-state index in [-0.39, 0.29) is 5.91 Å². The van der Waals surface area contributed by atoms with Gasteiger partial charge in [-0.25, -0.2) is 9.97 Å². The van der Waals surface area contributed by atoms with E-state index in [0.717, 1.165) is 30.5 Å². The Morgan fingerprint density at radius 3 is 2.58 bits per heavy atom. The minimum Gasteiger partial charge on any atom is -0.368 e. The van der Waals surface area contributed by atoms with E-state index >= 15 is 0 Å². The highest BCUT2D eigenvalue weighted by atomic mass is 35.5. The van der Waals surface area contributed by atoms with E-state index in [1.165, 1.54) is 19.3 Å². The molecule has 0 atom stereocenters. The summed E-state index contributed by atoms with van der Waals surface area (Å²) in [6.07, 6.45) is 3.71. The highest BCUT2D eigenvalue weighted by molar-refractivity contribution is 6.30. The molecule has 1 aromatic carbocycles. The Morgan fingerprint density at radius 2 is 1.85 bits per heavy atom. The number of anilines is 2. The first kappa shape index (κ1) is 18.5. The molecule has 2 heterocycles. The van der Waals surface area contributed by atoms with Crippen LogP contribution in [-0.4, -0.2) is 42.1 Å².